The lowest BCUT2D eigenvalue weighted by molar-refractivity contribution is -0.129. The van der Waals surface area contributed by atoms with Crippen LogP contribution >= 0.6 is 11.9 Å². The highest BCUT2D eigenvalue weighted by Crippen LogP contribution is 2.26. The van der Waals surface area contributed by atoms with Crippen LogP contribution in [0.15, 0.2) is 83.8 Å². The van der Waals surface area contributed by atoms with E-state index in [1.54, 1.807) is 6.07 Å². The predicted molar refractivity (Wildman–Crippen MR) is 161 cm³/mol. The Balaban J connectivity index is 1.48. The number of hydrogen-bond acceptors (Lipinski definition) is 7. The van der Waals surface area contributed by atoms with Gasteiger partial charge < -0.3 is 20.3 Å². The Labute approximate surface area is 250 Å². The number of amides is 2. The Bertz CT molecular complexity index is 1310. The van der Waals surface area contributed by atoms with E-state index in [0.717, 1.165) is 29.0 Å². The number of rotatable bonds is 14. The number of nitrogens with zero attached hydrogens (tertiary/aromatic N) is 2. The van der Waals surface area contributed by atoms with Gasteiger partial charge in [-0.3, -0.25) is 9.69 Å². The molecule has 42 heavy (non-hydrogen) atoms. The van der Waals surface area contributed by atoms with Crippen molar-refractivity contribution in [2.45, 2.75) is 56.4 Å². The van der Waals surface area contributed by atoms with E-state index in [0.29, 0.717) is 18.0 Å². The summed E-state index contributed by atoms with van der Waals surface area (Å²) in [6.07, 6.45) is -1.45. The molecular weight excluding hydrogens is 557 g/mol. The van der Waals surface area contributed by atoms with Crippen LogP contribution in [0.1, 0.15) is 31.4 Å². The van der Waals surface area contributed by atoms with Gasteiger partial charge in [-0.2, -0.15) is 0 Å². The molecule has 4 atom stereocenters. The van der Waals surface area contributed by atoms with Crippen LogP contribution in [0.25, 0.3) is 0 Å². The van der Waals surface area contributed by atoms with Crippen molar-refractivity contribution in [3.8, 4) is 0 Å². The number of nitrogens with one attached hydrogen (secondary N) is 1. The fourth-order valence-corrected chi connectivity index (χ4v) is 5.76. The van der Waals surface area contributed by atoms with Gasteiger partial charge in [0.2, 0.25) is 0 Å². The quantitative estimate of drug-likeness (QED) is 0.231. The maximum absolute atomic E-state index is 13.7. The number of hydrogen-bond donors (Lipinski definition) is 3. The van der Waals surface area contributed by atoms with Crippen LogP contribution in [0.3, 0.4) is 0 Å². The molecule has 0 spiro atoms. The van der Waals surface area contributed by atoms with Gasteiger partial charge in [0, 0.05) is 18.0 Å². The van der Waals surface area contributed by atoms with Crippen LogP contribution < -0.4 is 10.2 Å². The summed E-state index contributed by atoms with van der Waals surface area (Å²) < 4.78 is 21.2. The molecule has 0 radical (unpaired) electrons. The summed E-state index contributed by atoms with van der Waals surface area (Å²) in [5, 5.41) is 23.8. The third-order valence-electron chi connectivity index (χ3n) is 7.26. The second kappa shape index (κ2) is 15.2. The fraction of sp³-hybridized carbons (Fsp3) is 0.375. The zero-order valence-corrected chi connectivity index (χ0v) is 24.7. The van der Waals surface area contributed by atoms with Crippen LogP contribution in [0.5, 0.6) is 0 Å². The summed E-state index contributed by atoms with van der Waals surface area (Å²) in [6, 6.07) is 22.1. The predicted octanol–water partition coefficient (Wildman–Crippen LogP) is 4.79. The van der Waals surface area contributed by atoms with Gasteiger partial charge >= 0.3 is 6.09 Å². The first-order valence-electron chi connectivity index (χ1n) is 14.1. The number of aliphatic hydroxyl groups is 2. The second-order valence-corrected chi connectivity index (χ2v) is 11.8. The number of benzene rings is 3. The maximum Gasteiger partial charge on any atom is 0.415 e. The van der Waals surface area contributed by atoms with E-state index in [4.69, 9.17) is 4.74 Å². The van der Waals surface area contributed by atoms with E-state index >= 15 is 0 Å². The average Bonchev–Trinajstić information content (AvgIpc) is 3.39. The van der Waals surface area contributed by atoms with Gasteiger partial charge in [0.25, 0.3) is 5.91 Å². The molecule has 224 valence electrons. The number of carbonyl (C=O) groups is 2. The van der Waals surface area contributed by atoms with E-state index in [-0.39, 0.29) is 19.7 Å². The third kappa shape index (κ3) is 8.78. The van der Waals surface area contributed by atoms with E-state index in [9.17, 15) is 24.2 Å². The maximum atomic E-state index is 13.7. The first kappa shape index (κ1) is 31.5. The van der Waals surface area contributed by atoms with Gasteiger partial charge in [-0.25, -0.2) is 13.5 Å². The van der Waals surface area contributed by atoms with E-state index in [1.165, 1.54) is 35.0 Å². The number of cyclic esters (lactones) is 1. The van der Waals surface area contributed by atoms with E-state index < -0.39 is 36.1 Å². The average molecular weight is 596 g/mol. The van der Waals surface area contributed by atoms with Crippen LogP contribution in [-0.4, -0.2) is 64.4 Å². The Hall–Kier alpha value is -3.44. The Kier molecular flexibility index (Phi) is 11.4. The molecule has 3 N–H and O–H groups in total. The number of carbonyl (C=O) groups excluding carboxylic acids is 2. The summed E-state index contributed by atoms with van der Waals surface area (Å²) in [7, 11) is 0. The van der Waals surface area contributed by atoms with Crippen molar-refractivity contribution in [3.63, 3.8) is 0 Å². The molecule has 0 aliphatic carbocycles. The SMILES string of the molecule is CCC(C)CN(CC(O)C(Cc1ccccc1)NC(=O)C1CN(c2cccc(F)c2)C(=O)O1)Sc1ccc(CO)cc1. The van der Waals surface area contributed by atoms with Crippen molar-refractivity contribution >= 4 is 29.6 Å². The molecule has 0 aromatic heterocycles. The lowest BCUT2D eigenvalue weighted by atomic mass is 10.0. The van der Waals surface area contributed by atoms with Gasteiger partial charge in [-0.05, 0) is 65.7 Å². The zero-order chi connectivity index (χ0) is 30.1. The standard InChI is InChI=1S/C32H38FN3O5S/c1-3-22(2)18-35(42-27-14-12-24(21-37)13-15-27)19-29(38)28(16-23-8-5-4-6-9-23)34-31(39)30-20-36(32(40)41-30)26-11-7-10-25(33)17-26/h4-15,17,22,28-30,37-38H,3,16,18-21H2,1-2H3,(H,34,39). The van der Waals surface area contributed by atoms with Crippen molar-refractivity contribution < 1.29 is 28.9 Å². The fourth-order valence-electron chi connectivity index (χ4n) is 4.65. The topological polar surface area (TPSA) is 102 Å². The molecule has 10 heteroatoms. The van der Waals surface area contributed by atoms with Crippen LogP contribution in [0.4, 0.5) is 14.9 Å². The molecule has 1 fully saturated rings. The van der Waals surface area contributed by atoms with Crippen LogP contribution in [0.2, 0.25) is 0 Å². The summed E-state index contributed by atoms with van der Waals surface area (Å²) in [6.45, 7) is 5.16. The first-order chi connectivity index (χ1) is 20.2. The van der Waals surface area contributed by atoms with Crippen LogP contribution in [0, 0.1) is 11.7 Å². The first-order valence-corrected chi connectivity index (χ1v) is 14.9. The molecule has 0 bridgehead atoms. The van der Waals surface area contributed by atoms with Gasteiger partial charge in [0.05, 0.1) is 31.0 Å². The molecule has 1 aliphatic rings. The van der Waals surface area contributed by atoms with Crippen molar-refractivity contribution in [1.29, 1.82) is 0 Å². The highest BCUT2D eigenvalue weighted by atomic mass is 32.2. The van der Waals surface area contributed by atoms with Gasteiger partial charge in [-0.15, -0.1) is 0 Å². The molecule has 3 aromatic carbocycles. The third-order valence-corrected chi connectivity index (χ3v) is 8.30. The lowest BCUT2D eigenvalue weighted by Gasteiger charge is -2.31. The van der Waals surface area contributed by atoms with Gasteiger partial charge in [0.1, 0.15) is 5.82 Å². The second-order valence-electron chi connectivity index (χ2n) is 10.6. The summed E-state index contributed by atoms with van der Waals surface area (Å²) in [5.41, 5.74) is 2.07. The molecule has 2 amide bonds. The van der Waals surface area contributed by atoms with Crippen molar-refractivity contribution in [3.05, 3.63) is 95.8 Å². The summed E-state index contributed by atoms with van der Waals surface area (Å²) in [4.78, 5) is 28.1. The van der Waals surface area contributed by atoms with Crippen molar-refractivity contribution in [1.82, 2.24) is 9.62 Å². The lowest BCUT2D eigenvalue weighted by Crippen LogP contribution is -2.52. The monoisotopic (exact) mass is 595 g/mol. The molecule has 3 aromatic rings. The summed E-state index contributed by atoms with van der Waals surface area (Å²) >= 11 is 1.52. The molecule has 4 rings (SSSR count). The van der Waals surface area contributed by atoms with Gasteiger partial charge in [-0.1, -0.05) is 68.8 Å². The van der Waals surface area contributed by atoms with E-state index in [2.05, 4.69) is 23.5 Å². The number of aliphatic hydroxyl groups excluding tert-OH is 2. The highest BCUT2D eigenvalue weighted by molar-refractivity contribution is 7.97. The Morgan fingerprint density at radius 2 is 1.83 bits per heavy atom. The number of anilines is 1. The molecule has 1 aliphatic heterocycles. The molecule has 1 heterocycles. The van der Waals surface area contributed by atoms with Crippen LogP contribution in [-0.2, 0) is 22.6 Å². The molecular formula is C32H38FN3O5S. The zero-order valence-electron chi connectivity index (χ0n) is 23.9. The smallest absolute Gasteiger partial charge is 0.415 e. The van der Waals surface area contributed by atoms with E-state index in [1.807, 2.05) is 54.6 Å². The normalized spacial score (nSPS) is 17.1. The molecule has 1 saturated heterocycles. The number of halogens is 1. The summed E-state index contributed by atoms with van der Waals surface area (Å²) in [5.74, 6) is -0.651. The minimum Gasteiger partial charge on any atom is -0.434 e. The minimum absolute atomic E-state index is 0.0303. The largest absolute Gasteiger partial charge is 0.434 e. The highest BCUT2D eigenvalue weighted by Gasteiger charge is 2.38. The Morgan fingerprint density at radius 1 is 1.10 bits per heavy atom. The molecule has 4 unspecified atom stereocenters. The molecule has 0 saturated carbocycles. The number of ether oxygens (including phenoxy) is 1. The minimum atomic E-state index is -1.11. The van der Waals surface area contributed by atoms with Gasteiger partial charge in [0.15, 0.2) is 6.10 Å². The van der Waals surface area contributed by atoms with Crippen molar-refractivity contribution in [2.75, 3.05) is 24.5 Å². The Morgan fingerprint density at radius 3 is 2.50 bits per heavy atom. The molecule has 8 nitrogen and oxygen atoms in total. The van der Waals surface area contributed by atoms with Crippen molar-refractivity contribution in [2.24, 2.45) is 5.92 Å².